The van der Waals surface area contributed by atoms with Gasteiger partial charge in [-0.1, -0.05) is 30.3 Å². The van der Waals surface area contributed by atoms with Crippen LogP contribution in [0.1, 0.15) is 11.9 Å². The second-order valence-corrected chi connectivity index (χ2v) is 4.44. The Morgan fingerprint density at radius 1 is 1.11 bits per heavy atom. The highest BCUT2D eigenvalue weighted by Crippen LogP contribution is 2.31. The summed E-state index contributed by atoms with van der Waals surface area (Å²) in [6.07, 6.45) is -5.12. The van der Waals surface area contributed by atoms with Gasteiger partial charge in [-0.15, -0.1) is 0 Å². The Bertz CT molecular complexity index is 384. The molecule has 6 nitrogen and oxygen atoms in total. The summed E-state index contributed by atoms with van der Waals surface area (Å²) in [5, 5.41) is 37.8. The van der Waals surface area contributed by atoms with Crippen LogP contribution in [0.5, 0.6) is 0 Å². The standard InChI is InChI=1S/C13H18O6/c14-6-9(16)12-11(17)10(7-15)18-13(19-12)8-4-2-1-3-5-8/h1-5,9-17H,6-7H2/t9-,10+,11-,12-,13+/m1/s1. The summed E-state index contributed by atoms with van der Waals surface area (Å²) in [6.45, 7) is -0.941. The zero-order chi connectivity index (χ0) is 13.8. The third-order valence-corrected chi connectivity index (χ3v) is 3.11. The number of hydrogen-bond acceptors (Lipinski definition) is 6. The average Bonchev–Trinajstić information content (AvgIpc) is 2.47. The van der Waals surface area contributed by atoms with Gasteiger partial charge in [0.05, 0.1) is 13.2 Å². The van der Waals surface area contributed by atoms with Crippen molar-refractivity contribution in [2.24, 2.45) is 0 Å². The van der Waals surface area contributed by atoms with Gasteiger partial charge in [-0.05, 0) is 0 Å². The number of rotatable bonds is 4. The summed E-state index contributed by atoms with van der Waals surface area (Å²) < 4.78 is 10.9. The second-order valence-electron chi connectivity index (χ2n) is 4.44. The van der Waals surface area contributed by atoms with Gasteiger partial charge in [0, 0.05) is 5.56 Å². The molecule has 0 spiro atoms. The number of aliphatic hydroxyl groups is 4. The van der Waals surface area contributed by atoms with Crippen molar-refractivity contribution in [1.29, 1.82) is 0 Å². The van der Waals surface area contributed by atoms with Gasteiger partial charge in [0.15, 0.2) is 6.29 Å². The molecule has 1 aromatic carbocycles. The van der Waals surface area contributed by atoms with Gasteiger partial charge in [-0.25, -0.2) is 0 Å². The molecule has 0 radical (unpaired) electrons. The fourth-order valence-corrected chi connectivity index (χ4v) is 2.05. The Morgan fingerprint density at radius 2 is 1.79 bits per heavy atom. The van der Waals surface area contributed by atoms with Gasteiger partial charge in [0.1, 0.15) is 24.4 Å². The molecule has 1 aromatic rings. The van der Waals surface area contributed by atoms with Gasteiger partial charge in [0.25, 0.3) is 0 Å². The summed E-state index contributed by atoms with van der Waals surface area (Å²) >= 11 is 0. The Hall–Kier alpha value is -1.02. The predicted octanol–water partition coefficient (Wildman–Crippen LogP) is -0.824. The molecule has 1 fully saturated rings. The first-order valence-corrected chi connectivity index (χ1v) is 6.11. The summed E-state index contributed by atoms with van der Waals surface area (Å²) in [5.74, 6) is 0. The van der Waals surface area contributed by atoms with E-state index in [1.807, 2.05) is 6.07 Å². The topological polar surface area (TPSA) is 99.4 Å². The van der Waals surface area contributed by atoms with E-state index in [-0.39, 0.29) is 0 Å². The normalized spacial score (nSPS) is 33.1. The third-order valence-electron chi connectivity index (χ3n) is 3.11. The van der Waals surface area contributed by atoms with Crippen molar-refractivity contribution in [2.45, 2.75) is 30.7 Å². The van der Waals surface area contributed by atoms with E-state index >= 15 is 0 Å². The van der Waals surface area contributed by atoms with E-state index in [1.165, 1.54) is 0 Å². The Kier molecular flexibility index (Phi) is 4.87. The van der Waals surface area contributed by atoms with Crippen LogP contribution in [0.4, 0.5) is 0 Å². The lowest BCUT2D eigenvalue weighted by molar-refractivity contribution is -0.310. The summed E-state index contributed by atoms with van der Waals surface area (Å²) in [5.41, 5.74) is 0.711. The molecular formula is C13H18O6. The molecule has 1 aliphatic heterocycles. The molecule has 5 atom stereocenters. The highest BCUT2D eigenvalue weighted by atomic mass is 16.7. The first kappa shape index (κ1) is 14.4. The minimum absolute atomic E-state index is 0.400. The first-order chi connectivity index (χ1) is 9.17. The van der Waals surface area contributed by atoms with Gasteiger partial charge < -0.3 is 29.9 Å². The lowest BCUT2D eigenvalue weighted by atomic mass is 10.0. The van der Waals surface area contributed by atoms with E-state index in [9.17, 15) is 15.3 Å². The lowest BCUT2D eigenvalue weighted by Gasteiger charge is -2.40. The molecule has 1 saturated heterocycles. The largest absolute Gasteiger partial charge is 0.394 e. The van der Waals surface area contributed by atoms with E-state index in [2.05, 4.69) is 0 Å². The van der Waals surface area contributed by atoms with Crippen LogP contribution < -0.4 is 0 Å². The zero-order valence-electron chi connectivity index (χ0n) is 10.3. The highest BCUT2D eigenvalue weighted by Gasteiger charge is 2.42. The van der Waals surface area contributed by atoms with Gasteiger partial charge >= 0.3 is 0 Å². The third kappa shape index (κ3) is 3.11. The highest BCUT2D eigenvalue weighted by molar-refractivity contribution is 5.16. The predicted molar refractivity (Wildman–Crippen MR) is 65.1 cm³/mol. The van der Waals surface area contributed by atoms with Crippen molar-refractivity contribution < 1.29 is 29.9 Å². The fourth-order valence-electron chi connectivity index (χ4n) is 2.05. The van der Waals surface area contributed by atoms with Crippen molar-refractivity contribution in [3.8, 4) is 0 Å². The average molecular weight is 270 g/mol. The van der Waals surface area contributed by atoms with Crippen LogP contribution in [-0.2, 0) is 9.47 Å². The van der Waals surface area contributed by atoms with Crippen molar-refractivity contribution in [2.75, 3.05) is 13.2 Å². The number of hydrogen-bond donors (Lipinski definition) is 4. The van der Waals surface area contributed by atoms with E-state index < -0.39 is 43.9 Å². The Balaban J connectivity index is 2.18. The summed E-state index contributed by atoms with van der Waals surface area (Å²) in [4.78, 5) is 0. The smallest absolute Gasteiger partial charge is 0.184 e. The molecule has 106 valence electrons. The van der Waals surface area contributed by atoms with Crippen molar-refractivity contribution in [3.63, 3.8) is 0 Å². The molecular weight excluding hydrogens is 252 g/mol. The monoisotopic (exact) mass is 270 g/mol. The van der Waals surface area contributed by atoms with Crippen LogP contribution in [0.3, 0.4) is 0 Å². The molecule has 0 aliphatic carbocycles. The molecule has 19 heavy (non-hydrogen) atoms. The summed E-state index contributed by atoms with van der Waals surface area (Å²) in [7, 11) is 0. The van der Waals surface area contributed by atoms with Gasteiger partial charge in [-0.3, -0.25) is 0 Å². The molecule has 2 rings (SSSR count). The SMILES string of the molecule is OC[C@@H](O)[C@H]1O[C@@H](c2ccccc2)O[C@@H](CO)[C@H]1O. The van der Waals surface area contributed by atoms with Gasteiger partial charge in [0.2, 0.25) is 0 Å². The van der Waals surface area contributed by atoms with Crippen LogP contribution in [0.25, 0.3) is 0 Å². The van der Waals surface area contributed by atoms with Crippen LogP contribution in [0, 0.1) is 0 Å². The van der Waals surface area contributed by atoms with E-state index in [0.29, 0.717) is 5.56 Å². The molecule has 0 bridgehead atoms. The van der Waals surface area contributed by atoms with E-state index in [1.54, 1.807) is 24.3 Å². The number of aliphatic hydroxyl groups excluding tert-OH is 4. The van der Waals surface area contributed by atoms with Crippen molar-refractivity contribution in [3.05, 3.63) is 35.9 Å². The number of ether oxygens (including phenoxy) is 2. The molecule has 0 aromatic heterocycles. The van der Waals surface area contributed by atoms with Crippen LogP contribution >= 0.6 is 0 Å². The van der Waals surface area contributed by atoms with Crippen molar-refractivity contribution >= 4 is 0 Å². The minimum atomic E-state index is -1.24. The molecule has 6 heteroatoms. The van der Waals surface area contributed by atoms with Gasteiger partial charge in [-0.2, -0.15) is 0 Å². The molecule has 1 aliphatic rings. The minimum Gasteiger partial charge on any atom is -0.394 e. The molecule has 0 unspecified atom stereocenters. The quantitative estimate of drug-likeness (QED) is 0.570. The summed E-state index contributed by atoms with van der Waals surface area (Å²) in [6, 6.07) is 9.00. The van der Waals surface area contributed by atoms with E-state index in [4.69, 9.17) is 14.6 Å². The second kappa shape index (κ2) is 6.42. The van der Waals surface area contributed by atoms with Crippen LogP contribution in [-0.4, -0.2) is 58.1 Å². The Morgan fingerprint density at radius 3 is 2.37 bits per heavy atom. The molecule has 4 N–H and O–H groups in total. The zero-order valence-corrected chi connectivity index (χ0v) is 10.3. The lowest BCUT2D eigenvalue weighted by Crippen LogP contribution is -2.54. The van der Waals surface area contributed by atoms with Crippen molar-refractivity contribution in [1.82, 2.24) is 0 Å². The molecule has 1 heterocycles. The van der Waals surface area contributed by atoms with Crippen LogP contribution in [0.2, 0.25) is 0 Å². The Labute approximate surface area is 110 Å². The first-order valence-electron chi connectivity index (χ1n) is 6.11. The maximum Gasteiger partial charge on any atom is 0.184 e. The maximum atomic E-state index is 9.91. The van der Waals surface area contributed by atoms with Crippen LogP contribution in [0.15, 0.2) is 30.3 Å². The fraction of sp³-hybridized carbons (Fsp3) is 0.538. The molecule has 0 saturated carbocycles. The maximum absolute atomic E-state index is 9.91. The number of benzene rings is 1. The van der Waals surface area contributed by atoms with E-state index in [0.717, 1.165) is 0 Å². The molecule has 0 amide bonds.